The predicted octanol–water partition coefficient (Wildman–Crippen LogP) is 4.80. The molecule has 0 atom stereocenters. The molecule has 0 aromatic heterocycles. The van der Waals surface area contributed by atoms with E-state index in [4.69, 9.17) is 16.3 Å². The highest BCUT2D eigenvalue weighted by Crippen LogP contribution is 2.28. The summed E-state index contributed by atoms with van der Waals surface area (Å²) in [7, 11) is 0. The van der Waals surface area contributed by atoms with E-state index in [0.29, 0.717) is 11.6 Å². The Balaban J connectivity index is 2.31. The SMILES string of the molecule is Cc1cc(CCl)ccc1Oc1cc(F)ccc1F. The van der Waals surface area contributed by atoms with Crippen LogP contribution in [0.25, 0.3) is 0 Å². The zero-order chi connectivity index (χ0) is 13.1. The van der Waals surface area contributed by atoms with E-state index in [1.54, 1.807) is 12.1 Å². The lowest BCUT2D eigenvalue weighted by atomic mass is 10.1. The molecule has 0 radical (unpaired) electrons. The summed E-state index contributed by atoms with van der Waals surface area (Å²) < 4.78 is 31.8. The first-order valence-corrected chi connectivity index (χ1v) is 5.92. The van der Waals surface area contributed by atoms with Crippen molar-refractivity contribution in [2.45, 2.75) is 12.8 Å². The third kappa shape index (κ3) is 2.79. The summed E-state index contributed by atoms with van der Waals surface area (Å²) in [5.41, 5.74) is 1.76. The fourth-order valence-electron chi connectivity index (χ4n) is 1.58. The van der Waals surface area contributed by atoms with Crippen LogP contribution in [0.5, 0.6) is 11.5 Å². The summed E-state index contributed by atoms with van der Waals surface area (Å²) in [5, 5.41) is 0. The Hall–Kier alpha value is -1.61. The number of rotatable bonds is 3. The first-order chi connectivity index (χ1) is 8.60. The molecule has 18 heavy (non-hydrogen) atoms. The van der Waals surface area contributed by atoms with E-state index >= 15 is 0 Å². The number of alkyl halides is 1. The second-order valence-electron chi connectivity index (χ2n) is 3.91. The fourth-order valence-corrected chi connectivity index (χ4v) is 1.75. The third-order valence-electron chi connectivity index (χ3n) is 2.51. The zero-order valence-corrected chi connectivity index (χ0v) is 10.5. The molecule has 0 aliphatic carbocycles. The van der Waals surface area contributed by atoms with Gasteiger partial charge in [-0.05, 0) is 36.2 Å². The van der Waals surface area contributed by atoms with E-state index in [2.05, 4.69) is 0 Å². The zero-order valence-electron chi connectivity index (χ0n) is 9.71. The van der Waals surface area contributed by atoms with E-state index in [1.807, 2.05) is 13.0 Å². The van der Waals surface area contributed by atoms with E-state index in [9.17, 15) is 8.78 Å². The molecule has 0 aliphatic heterocycles. The van der Waals surface area contributed by atoms with Crippen molar-refractivity contribution in [2.24, 2.45) is 0 Å². The van der Waals surface area contributed by atoms with Gasteiger partial charge in [0.05, 0.1) is 0 Å². The Labute approximate surface area is 109 Å². The van der Waals surface area contributed by atoms with Gasteiger partial charge in [-0.2, -0.15) is 0 Å². The standard InChI is InChI=1S/C14H11ClF2O/c1-9-6-10(8-15)2-5-13(9)18-14-7-11(16)3-4-12(14)17/h2-7H,8H2,1H3. The first kappa shape index (κ1) is 12.8. The van der Waals surface area contributed by atoms with Crippen molar-refractivity contribution in [3.8, 4) is 11.5 Å². The van der Waals surface area contributed by atoms with Crippen molar-refractivity contribution < 1.29 is 13.5 Å². The van der Waals surface area contributed by atoms with Crippen LogP contribution in [0.1, 0.15) is 11.1 Å². The van der Waals surface area contributed by atoms with Crippen LogP contribution in [-0.4, -0.2) is 0 Å². The van der Waals surface area contributed by atoms with Crippen molar-refractivity contribution in [3.05, 3.63) is 59.2 Å². The molecule has 0 aliphatic rings. The molecule has 0 spiro atoms. The molecule has 94 valence electrons. The van der Waals surface area contributed by atoms with Crippen LogP contribution >= 0.6 is 11.6 Å². The van der Waals surface area contributed by atoms with Crippen LogP contribution in [-0.2, 0) is 5.88 Å². The first-order valence-electron chi connectivity index (χ1n) is 5.38. The number of benzene rings is 2. The quantitative estimate of drug-likeness (QED) is 0.726. The van der Waals surface area contributed by atoms with Gasteiger partial charge in [0.15, 0.2) is 11.6 Å². The maximum absolute atomic E-state index is 13.4. The number of ether oxygens (including phenoxy) is 1. The highest BCUT2D eigenvalue weighted by molar-refractivity contribution is 6.17. The molecule has 0 saturated carbocycles. The molecule has 4 heteroatoms. The van der Waals surface area contributed by atoms with Crippen LogP contribution in [0, 0.1) is 18.6 Å². The van der Waals surface area contributed by atoms with Gasteiger partial charge in [0.25, 0.3) is 0 Å². The maximum Gasteiger partial charge on any atom is 0.165 e. The molecule has 2 aromatic rings. The monoisotopic (exact) mass is 268 g/mol. The summed E-state index contributed by atoms with van der Waals surface area (Å²) in [6.45, 7) is 1.82. The van der Waals surface area contributed by atoms with Crippen LogP contribution in [0.4, 0.5) is 8.78 Å². The van der Waals surface area contributed by atoms with E-state index in [-0.39, 0.29) is 5.75 Å². The Morgan fingerprint density at radius 3 is 2.50 bits per heavy atom. The number of hydrogen-bond acceptors (Lipinski definition) is 1. The van der Waals surface area contributed by atoms with Crippen LogP contribution in [0.3, 0.4) is 0 Å². The van der Waals surface area contributed by atoms with Gasteiger partial charge in [0, 0.05) is 11.9 Å². The smallest absolute Gasteiger partial charge is 0.165 e. The van der Waals surface area contributed by atoms with Crippen LogP contribution in [0.2, 0.25) is 0 Å². The van der Waals surface area contributed by atoms with Gasteiger partial charge < -0.3 is 4.74 Å². The second kappa shape index (κ2) is 5.36. The molecule has 0 unspecified atom stereocenters. The molecule has 0 saturated heterocycles. The summed E-state index contributed by atoms with van der Waals surface area (Å²) in [6, 6.07) is 8.42. The largest absolute Gasteiger partial charge is 0.454 e. The van der Waals surface area contributed by atoms with Crippen molar-refractivity contribution in [1.82, 2.24) is 0 Å². The average Bonchev–Trinajstić information content (AvgIpc) is 2.36. The van der Waals surface area contributed by atoms with Gasteiger partial charge in [-0.15, -0.1) is 11.6 Å². The molecule has 1 nitrogen and oxygen atoms in total. The lowest BCUT2D eigenvalue weighted by molar-refractivity contribution is 0.434. The molecule has 0 amide bonds. The number of aryl methyl sites for hydroxylation is 1. The lowest BCUT2D eigenvalue weighted by Crippen LogP contribution is -1.92. The minimum atomic E-state index is -0.600. The fraction of sp³-hybridized carbons (Fsp3) is 0.143. The summed E-state index contributed by atoms with van der Waals surface area (Å²) >= 11 is 5.71. The molecule has 0 N–H and O–H groups in total. The minimum Gasteiger partial charge on any atom is -0.454 e. The van der Waals surface area contributed by atoms with Crippen molar-refractivity contribution in [2.75, 3.05) is 0 Å². The predicted molar refractivity (Wildman–Crippen MR) is 67.2 cm³/mol. The second-order valence-corrected chi connectivity index (χ2v) is 4.18. The van der Waals surface area contributed by atoms with Gasteiger partial charge in [0.2, 0.25) is 0 Å². The molecule has 0 bridgehead atoms. The van der Waals surface area contributed by atoms with Gasteiger partial charge in [0.1, 0.15) is 11.6 Å². The van der Waals surface area contributed by atoms with Crippen molar-refractivity contribution >= 4 is 11.6 Å². The average molecular weight is 269 g/mol. The minimum absolute atomic E-state index is 0.128. The van der Waals surface area contributed by atoms with E-state index < -0.39 is 11.6 Å². The van der Waals surface area contributed by atoms with Gasteiger partial charge >= 0.3 is 0 Å². The molecule has 2 aromatic carbocycles. The van der Waals surface area contributed by atoms with Gasteiger partial charge in [-0.3, -0.25) is 0 Å². The molecular weight excluding hydrogens is 258 g/mol. The summed E-state index contributed by atoms with van der Waals surface area (Å²) in [4.78, 5) is 0. The Kier molecular flexibility index (Phi) is 3.82. The van der Waals surface area contributed by atoms with Gasteiger partial charge in [-0.1, -0.05) is 12.1 Å². The molecule has 0 heterocycles. The Morgan fingerprint density at radius 2 is 1.83 bits per heavy atom. The van der Waals surface area contributed by atoms with E-state index in [1.165, 1.54) is 0 Å². The molecule has 0 fully saturated rings. The Bertz CT molecular complexity index is 570. The van der Waals surface area contributed by atoms with Gasteiger partial charge in [-0.25, -0.2) is 8.78 Å². The van der Waals surface area contributed by atoms with Crippen LogP contribution in [0.15, 0.2) is 36.4 Å². The van der Waals surface area contributed by atoms with E-state index in [0.717, 1.165) is 29.3 Å². The number of hydrogen-bond donors (Lipinski definition) is 0. The highest BCUT2D eigenvalue weighted by Gasteiger charge is 2.08. The summed E-state index contributed by atoms with van der Waals surface area (Å²) in [6.07, 6.45) is 0. The summed E-state index contributed by atoms with van der Waals surface area (Å²) in [5.74, 6) is -0.390. The normalized spacial score (nSPS) is 10.4. The topological polar surface area (TPSA) is 9.23 Å². The lowest BCUT2D eigenvalue weighted by Gasteiger charge is -2.10. The highest BCUT2D eigenvalue weighted by atomic mass is 35.5. The van der Waals surface area contributed by atoms with Crippen LogP contribution < -0.4 is 4.74 Å². The molecular formula is C14H11ClF2O. The van der Waals surface area contributed by atoms with Crippen molar-refractivity contribution in [3.63, 3.8) is 0 Å². The third-order valence-corrected chi connectivity index (χ3v) is 2.82. The number of halogens is 3. The Morgan fingerprint density at radius 1 is 1.06 bits per heavy atom. The maximum atomic E-state index is 13.4. The van der Waals surface area contributed by atoms with Crippen molar-refractivity contribution in [1.29, 1.82) is 0 Å². The molecule has 2 rings (SSSR count).